The van der Waals surface area contributed by atoms with E-state index in [0.717, 1.165) is 4.57 Å². The largest absolute Gasteiger partial charge is 0.452 e. The predicted octanol–water partition coefficient (Wildman–Crippen LogP) is 4.00. The Balaban J connectivity index is 1.54. The van der Waals surface area contributed by atoms with Gasteiger partial charge in [-0.05, 0) is 41.3 Å². The number of aromatic nitrogens is 2. The molecule has 1 aromatic heterocycles. The Kier molecular flexibility index (Phi) is 8.11. The first-order chi connectivity index (χ1) is 19.9. The van der Waals surface area contributed by atoms with Gasteiger partial charge >= 0.3 is 23.9 Å². The van der Waals surface area contributed by atoms with Gasteiger partial charge < -0.3 is 29.1 Å². The van der Waals surface area contributed by atoms with Crippen molar-refractivity contribution in [2.24, 2.45) is 0 Å². The zero-order valence-electron chi connectivity index (χ0n) is 21.3. The first-order valence-electron chi connectivity index (χ1n) is 12.5. The van der Waals surface area contributed by atoms with E-state index in [4.69, 9.17) is 18.9 Å². The molecular formula is C29H23N3O9. The Bertz CT molecular complexity index is 1530. The molecule has 0 radical (unpaired) electrons. The number of carbonyl (C=O) groups is 3. The summed E-state index contributed by atoms with van der Waals surface area (Å²) in [6.07, 6.45) is -3.06. The summed E-state index contributed by atoms with van der Waals surface area (Å²) in [6.45, 7) is -0.343. The predicted molar refractivity (Wildman–Crippen MR) is 141 cm³/mol. The molecule has 1 saturated heterocycles. The Morgan fingerprint density at radius 2 is 1.22 bits per heavy atom. The van der Waals surface area contributed by atoms with Gasteiger partial charge in [0.25, 0.3) is 0 Å². The van der Waals surface area contributed by atoms with Crippen molar-refractivity contribution in [3.63, 3.8) is 0 Å². The molecule has 1 aliphatic heterocycles. The van der Waals surface area contributed by atoms with E-state index in [1.165, 1.54) is 36.7 Å². The van der Waals surface area contributed by atoms with Crippen molar-refractivity contribution in [3.8, 4) is 0 Å². The van der Waals surface area contributed by atoms with Crippen LogP contribution in [0.2, 0.25) is 0 Å². The summed E-state index contributed by atoms with van der Waals surface area (Å²) in [5.74, 6) is -2.94. The SMILES string of the molecule is O=C(O[C@H]1[C@H](OC(=O)c2ccccc2)[C@@H](n2ccnc2[N+](=O)[O-])OC[C@H]1OC(=O)c1ccccc1)c1ccccc1. The summed E-state index contributed by atoms with van der Waals surface area (Å²) < 4.78 is 24.3. The lowest BCUT2D eigenvalue weighted by atomic mass is 10.0. The second-order valence-corrected chi connectivity index (χ2v) is 8.90. The molecular weight excluding hydrogens is 534 g/mol. The fourth-order valence-corrected chi connectivity index (χ4v) is 4.32. The fraction of sp³-hybridized carbons (Fsp3) is 0.172. The minimum absolute atomic E-state index is 0.169. The van der Waals surface area contributed by atoms with Crippen molar-refractivity contribution in [3.05, 3.63) is 130 Å². The van der Waals surface area contributed by atoms with E-state index < -0.39 is 53.3 Å². The molecule has 12 nitrogen and oxygen atoms in total. The highest BCUT2D eigenvalue weighted by atomic mass is 16.7. The molecule has 1 aliphatic rings. The number of hydrogen-bond acceptors (Lipinski definition) is 10. The van der Waals surface area contributed by atoms with E-state index >= 15 is 0 Å². The van der Waals surface area contributed by atoms with E-state index in [-0.39, 0.29) is 23.3 Å². The lowest BCUT2D eigenvalue weighted by molar-refractivity contribution is -0.399. The van der Waals surface area contributed by atoms with Crippen LogP contribution in [0.1, 0.15) is 37.3 Å². The minimum Gasteiger partial charge on any atom is -0.452 e. The van der Waals surface area contributed by atoms with Gasteiger partial charge in [0, 0.05) is 0 Å². The molecule has 2 heterocycles. The zero-order valence-corrected chi connectivity index (χ0v) is 21.3. The monoisotopic (exact) mass is 557 g/mol. The molecule has 3 aromatic carbocycles. The smallest absolute Gasteiger partial charge is 0.436 e. The third-order valence-electron chi connectivity index (χ3n) is 6.26. The molecule has 208 valence electrons. The lowest BCUT2D eigenvalue weighted by Gasteiger charge is -2.39. The summed E-state index contributed by atoms with van der Waals surface area (Å²) in [4.78, 5) is 54.1. The van der Waals surface area contributed by atoms with Gasteiger partial charge in [-0.3, -0.25) is 0 Å². The van der Waals surface area contributed by atoms with Crippen molar-refractivity contribution in [1.82, 2.24) is 9.55 Å². The Labute approximate surface area is 233 Å². The number of rotatable bonds is 8. The molecule has 41 heavy (non-hydrogen) atoms. The summed E-state index contributed by atoms with van der Waals surface area (Å²) in [6, 6.07) is 24.1. The van der Waals surface area contributed by atoms with Crippen LogP contribution in [0.3, 0.4) is 0 Å². The van der Waals surface area contributed by atoms with Crippen LogP contribution in [0.15, 0.2) is 103 Å². The van der Waals surface area contributed by atoms with Crippen molar-refractivity contribution in [1.29, 1.82) is 0 Å². The van der Waals surface area contributed by atoms with E-state index in [9.17, 15) is 24.5 Å². The third-order valence-corrected chi connectivity index (χ3v) is 6.26. The average molecular weight is 558 g/mol. The average Bonchev–Trinajstić information content (AvgIpc) is 3.50. The van der Waals surface area contributed by atoms with Crippen LogP contribution in [0.25, 0.3) is 0 Å². The number of imidazole rings is 1. The summed E-state index contributed by atoms with van der Waals surface area (Å²) >= 11 is 0. The number of esters is 3. The molecule has 0 spiro atoms. The van der Waals surface area contributed by atoms with Gasteiger partial charge in [0.15, 0.2) is 12.2 Å². The fourth-order valence-electron chi connectivity index (χ4n) is 4.32. The maximum atomic E-state index is 13.2. The third kappa shape index (κ3) is 6.12. The van der Waals surface area contributed by atoms with Crippen LogP contribution in [-0.4, -0.2) is 57.3 Å². The summed E-state index contributed by atoms with van der Waals surface area (Å²) in [5.41, 5.74) is 0.583. The molecule has 1 fully saturated rings. The highest BCUT2D eigenvalue weighted by Gasteiger charge is 2.51. The van der Waals surface area contributed by atoms with E-state index in [1.54, 1.807) is 66.7 Å². The van der Waals surface area contributed by atoms with Crippen molar-refractivity contribution >= 4 is 23.9 Å². The molecule has 12 heteroatoms. The molecule has 0 bridgehead atoms. The van der Waals surface area contributed by atoms with Crippen LogP contribution in [0.5, 0.6) is 0 Å². The number of ether oxygens (including phenoxy) is 4. The highest BCUT2D eigenvalue weighted by molar-refractivity contribution is 5.91. The molecule has 0 saturated carbocycles. The zero-order chi connectivity index (χ0) is 28.8. The van der Waals surface area contributed by atoms with Crippen LogP contribution in [-0.2, 0) is 18.9 Å². The lowest BCUT2D eigenvalue weighted by Crippen LogP contribution is -2.55. The maximum Gasteiger partial charge on any atom is 0.436 e. The molecule has 5 rings (SSSR count). The van der Waals surface area contributed by atoms with Gasteiger partial charge in [0.2, 0.25) is 12.3 Å². The summed E-state index contributed by atoms with van der Waals surface area (Å²) in [5, 5.41) is 11.7. The van der Waals surface area contributed by atoms with Crippen molar-refractivity contribution in [2.75, 3.05) is 6.61 Å². The molecule has 0 amide bonds. The van der Waals surface area contributed by atoms with Gasteiger partial charge in [0.1, 0.15) is 12.4 Å². The van der Waals surface area contributed by atoms with Crippen molar-refractivity contribution < 1.29 is 38.3 Å². The highest BCUT2D eigenvalue weighted by Crippen LogP contribution is 2.34. The maximum absolute atomic E-state index is 13.2. The van der Waals surface area contributed by atoms with Crippen LogP contribution >= 0.6 is 0 Å². The molecule has 0 N–H and O–H groups in total. The van der Waals surface area contributed by atoms with E-state index in [1.807, 2.05) is 0 Å². The van der Waals surface area contributed by atoms with Gasteiger partial charge in [0.05, 0.1) is 23.3 Å². The van der Waals surface area contributed by atoms with E-state index in [2.05, 4.69) is 4.98 Å². The Morgan fingerprint density at radius 1 is 0.756 bits per heavy atom. The van der Waals surface area contributed by atoms with Gasteiger partial charge in [-0.1, -0.05) is 59.6 Å². The number of nitro groups is 1. The standard InChI is InChI=1S/C29H23N3O9/c33-26(19-10-4-1-5-11-19)39-22-18-38-25(31-17-16-30-29(31)32(36)37)24(41-28(35)21-14-8-3-9-15-21)23(22)40-27(34)20-12-6-2-7-13-20/h1-17,22-25H,18H2/t22-,23-,24+,25+/m1/s1. The first-order valence-corrected chi connectivity index (χ1v) is 12.5. The Hall–Kier alpha value is -5.36. The van der Waals surface area contributed by atoms with E-state index in [0.29, 0.717) is 0 Å². The first kappa shape index (κ1) is 27.2. The van der Waals surface area contributed by atoms with Crippen LogP contribution in [0.4, 0.5) is 5.95 Å². The molecule has 0 unspecified atom stereocenters. The molecule has 0 aliphatic carbocycles. The second-order valence-electron chi connectivity index (χ2n) is 8.90. The molecule has 4 aromatic rings. The van der Waals surface area contributed by atoms with Crippen LogP contribution in [0, 0.1) is 10.1 Å². The normalized spacial score (nSPS) is 20.0. The topological polar surface area (TPSA) is 149 Å². The van der Waals surface area contributed by atoms with Gasteiger partial charge in [-0.15, -0.1) is 0 Å². The Morgan fingerprint density at radius 3 is 1.71 bits per heavy atom. The number of benzene rings is 3. The number of hydrogen-bond donors (Lipinski definition) is 0. The number of nitrogens with zero attached hydrogens (tertiary/aromatic N) is 3. The van der Waals surface area contributed by atoms with Gasteiger partial charge in [-0.2, -0.15) is 4.57 Å². The second kappa shape index (κ2) is 12.2. The summed E-state index contributed by atoms with van der Waals surface area (Å²) in [7, 11) is 0. The van der Waals surface area contributed by atoms with Gasteiger partial charge in [-0.25, -0.2) is 14.4 Å². The minimum atomic E-state index is -1.49. The van der Waals surface area contributed by atoms with Crippen LogP contribution < -0.4 is 0 Å². The molecule has 4 atom stereocenters. The number of carbonyl (C=O) groups excluding carboxylic acids is 3. The van der Waals surface area contributed by atoms with Crippen molar-refractivity contribution in [2.45, 2.75) is 24.5 Å². The quantitative estimate of drug-likeness (QED) is 0.135.